The quantitative estimate of drug-likeness (QED) is 0.731. The van der Waals surface area contributed by atoms with E-state index in [-0.39, 0.29) is 23.1 Å². The Hall–Kier alpha value is -1.75. The van der Waals surface area contributed by atoms with E-state index in [9.17, 15) is 9.90 Å². The predicted molar refractivity (Wildman–Crippen MR) is 82.5 cm³/mol. The van der Waals surface area contributed by atoms with Gasteiger partial charge in [-0.25, -0.2) is 4.79 Å². The number of hydrogen-bond donors (Lipinski definition) is 3. The molecule has 21 heavy (non-hydrogen) atoms. The van der Waals surface area contributed by atoms with Gasteiger partial charge in [0.1, 0.15) is 11.4 Å². The number of phenols is 1. The molecule has 1 fully saturated rings. The van der Waals surface area contributed by atoms with Gasteiger partial charge in [0.2, 0.25) is 0 Å². The van der Waals surface area contributed by atoms with Gasteiger partial charge < -0.3 is 15.6 Å². The number of anilines is 1. The summed E-state index contributed by atoms with van der Waals surface area (Å²) in [6.45, 7) is 9.55. The van der Waals surface area contributed by atoms with Gasteiger partial charge in [-0.1, -0.05) is 13.8 Å². The topological polar surface area (TPSA) is 84.6 Å². The van der Waals surface area contributed by atoms with E-state index < -0.39 is 11.7 Å². The fourth-order valence-corrected chi connectivity index (χ4v) is 2.57. The molecule has 1 aromatic carbocycles. The van der Waals surface area contributed by atoms with Crippen LogP contribution >= 0.6 is 0 Å². The van der Waals surface area contributed by atoms with Gasteiger partial charge in [0, 0.05) is 23.2 Å². The lowest BCUT2D eigenvalue weighted by Crippen LogP contribution is -2.27. The average Bonchev–Trinajstić information content (AvgIpc) is 2.78. The summed E-state index contributed by atoms with van der Waals surface area (Å²) in [4.78, 5) is 11.8. The van der Waals surface area contributed by atoms with Crippen molar-refractivity contribution < 1.29 is 14.6 Å². The van der Waals surface area contributed by atoms with Crippen molar-refractivity contribution in [2.75, 3.05) is 5.32 Å². The van der Waals surface area contributed by atoms with Crippen molar-refractivity contribution in [1.29, 1.82) is 0 Å². The molecule has 5 heteroatoms. The molecule has 5 nitrogen and oxygen atoms in total. The largest absolute Gasteiger partial charge is 0.508 e. The number of hydrogen-bond acceptors (Lipinski definition) is 4. The van der Waals surface area contributed by atoms with Crippen molar-refractivity contribution in [3.8, 4) is 5.75 Å². The Kier molecular flexibility index (Phi) is 3.66. The number of phenolic OH excluding ortho intramolecular Hbond substituents is 1. The Morgan fingerprint density at radius 2 is 1.95 bits per heavy atom. The number of carbonyl (C=O) groups is 1. The Labute approximate surface area is 125 Å². The molecule has 116 valence electrons. The van der Waals surface area contributed by atoms with Crippen LogP contribution < -0.4 is 11.1 Å². The number of nitrogens with one attached hydrogen (secondary N) is 1. The highest BCUT2D eigenvalue weighted by Gasteiger charge is 2.57. The number of carbonyl (C=O) groups excluding carboxylic acids is 1. The van der Waals surface area contributed by atoms with E-state index in [1.807, 2.05) is 0 Å². The second-order valence-electron chi connectivity index (χ2n) is 7.23. The summed E-state index contributed by atoms with van der Waals surface area (Å²) in [6.07, 6.45) is -0.515. The molecule has 0 spiro atoms. The second-order valence-corrected chi connectivity index (χ2v) is 7.23. The minimum Gasteiger partial charge on any atom is -0.508 e. The number of aromatic hydroxyl groups is 1. The van der Waals surface area contributed by atoms with Crippen LogP contribution in [0.5, 0.6) is 5.75 Å². The predicted octanol–water partition coefficient (Wildman–Crippen LogP) is 3.19. The first-order valence-corrected chi connectivity index (χ1v) is 7.11. The molecule has 1 saturated carbocycles. The molecular formula is C16H24N2O3. The fraction of sp³-hybridized carbons (Fsp3) is 0.562. The molecule has 0 aromatic heterocycles. The summed E-state index contributed by atoms with van der Waals surface area (Å²) in [5, 5.41) is 12.7. The van der Waals surface area contributed by atoms with E-state index in [0.29, 0.717) is 5.69 Å². The SMILES string of the molecule is CC(C)(C)OC(=O)Nc1ccc(O)c(C2C(N)C2(C)C)c1. The average molecular weight is 292 g/mol. The van der Waals surface area contributed by atoms with Crippen molar-refractivity contribution >= 4 is 11.8 Å². The van der Waals surface area contributed by atoms with Crippen molar-refractivity contribution in [3.05, 3.63) is 23.8 Å². The molecule has 1 aromatic rings. The van der Waals surface area contributed by atoms with E-state index >= 15 is 0 Å². The molecule has 0 saturated heterocycles. The smallest absolute Gasteiger partial charge is 0.412 e. The molecule has 0 radical (unpaired) electrons. The van der Waals surface area contributed by atoms with Crippen LogP contribution in [0.1, 0.15) is 46.1 Å². The fourth-order valence-electron chi connectivity index (χ4n) is 2.57. The zero-order chi connectivity index (χ0) is 16.0. The lowest BCUT2D eigenvalue weighted by Gasteiger charge is -2.20. The monoisotopic (exact) mass is 292 g/mol. The Bertz CT molecular complexity index is 561. The highest BCUT2D eigenvalue weighted by molar-refractivity contribution is 5.85. The minimum absolute atomic E-state index is 0.0141. The third-order valence-corrected chi connectivity index (χ3v) is 3.92. The standard InChI is InChI=1S/C16H24N2O3/c1-15(2,3)21-14(20)18-9-6-7-11(19)10(8-9)12-13(17)16(12,4)5/h6-8,12-13,19H,17H2,1-5H3,(H,18,20). The van der Waals surface area contributed by atoms with E-state index in [1.165, 1.54) is 0 Å². The summed E-state index contributed by atoms with van der Waals surface area (Å²) in [5.74, 6) is 0.300. The summed E-state index contributed by atoms with van der Waals surface area (Å²) < 4.78 is 5.21. The zero-order valence-electron chi connectivity index (χ0n) is 13.2. The second kappa shape index (κ2) is 4.91. The summed E-state index contributed by atoms with van der Waals surface area (Å²) in [6, 6.07) is 4.99. The van der Waals surface area contributed by atoms with Gasteiger partial charge in [-0.2, -0.15) is 0 Å². The summed E-state index contributed by atoms with van der Waals surface area (Å²) in [5.41, 5.74) is 6.82. The number of benzene rings is 1. The first-order valence-electron chi connectivity index (χ1n) is 7.11. The van der Waals surface area contributed by atoms with Gasteiger partial charge in [-0.15, -0.1) is 0 Å². The molecule has 1 amide bonds. The van der Waals surface area contributed by atoms with Crippen LogP contribution in [0.3, 0.4) is 0 Å². The zero-order valence-corrected chi connectivity index (χ0v) is 13.2. The number of amides is 1. The number of rotatable bonds is 2. The third-order valence-electron chi connectivity index (χ3n) is 3.92. The first-order chi connectivity index (χ1) is 9.52. The van der Waals surface area contributed by atoms with Gasteiger partial charge in [0.15, 0.2) is 0 Å². The van der Waals surface area contributed by atoms with Crippen LogP contribution in [0.2, 0.25) is 0 Å². The minimum atomic E-state index is -0.551. The van der Waals surface area contributed by atoms with Crippen LogP contribution in [-0.4, -0.2) is 22.8 Å². The molecule has 2 unspecified atom stereocenters. The molecule has 2 atom stereocenters. The number of ether oxygens (including phenoxy) is 1. The molecular weight excluding hydrogens is 268 g/mol. The van der Waals surface area contributed by atoms with Crippen molar-refractivity contribution in [2.24, 2.45) is 11.1 Å². The van der Waals surface area contributed by atoms with Crippen LogP contribution in [-0.2, 0) is 4.74 Å². The maximum absolute atomic E-state index is 11.8. The molecule has 1 aliphatic rings. The Morgan fingerprint density at radius 1 is 1.38 bits per heavy atom. The van der Waals surface area contributed by atoms with Gasteiger partial charge >= 0.3 is 6.09 Å². The summed E-state index contributed by atoms with van der Waals surface area (Å²) >= 11 is 0. The van der Waals surface area contributed by atoms with E-state index in [2.05, 4.69) is 19.2 Å². The van der Waals surface area contributed by atoms with E-state index in [0.717, 1.165) is 5.56 Å². The molecule has 0 heterocycles. The van der Waals surface area contributed by atoms with Crippen LogP contribution in [0, 0.1) is 5.41 Å². The highest BCUT2D eigenvalue weighted by atomic mass is 16.6. The van der Waals surface area contributed by atoms with Gasteiger partial charge in [-0.3, -0.25) is 5.32 Å². The third kappa shape index (κ3) is 3.29. The molecule has 4 N–H and O–H groups in total. The first kappa shape index (κ1) is 15.6. The highest BCUT2D eigenvalue weighted by Crippen LogP contribution is 2.59. The van der Waals surface area contributed by atoms with Gasteiger partial charge in [-0.05, 0) is 44.4 Å². The van der Waals surface area contributed by atoms with Gasteiger partial charge in [0.25, 0.3) is 0 Å². The summed E-state index contributed by atoms with van der Waals surface area (Å²) in [7, 11) is 0. The molecule has 0 bridgehead atoms. The Morgan fingerprint density at radius 3 is 2.43 bits per heavy atom. The molecule has 0 aliphatic heterocycles. The van der Waals surface area contributed by atoms with Gasteiger partial charge in [0.05, 0.1) is 0 Å². The maximum atomic E-state index is 11.8. The maximum Gasteiger partial charge on any atom is 0.412 e. The lowest BCUT2D eigenvalue weighted by molar-refractivity contribution is 0.0636. The van der Waals surface area contributed by atoms with Crippen molar-refractivity contribution in [3.63, 3.8) is 0 Å². The normalized spacial score (nSPS) is 23.5. The van der Waals surface area contributed by atoms with Crippen molar-refractivity contribution in [2.45, 2.75) is 52.2 Å². The lowest BCUT2D eigenvalue weighted by atomic mass is 10.0. The van der Waals surface area contributed by atoms with Crippen LogP contribution in [0.25, 0.3) is 0 Å². The van der Waals surface area contributed by atoms with Crippen LogP contribution in [0.4, 0.5) is 10.5 Å². The van der Waals surface area contributed by atoms with Crippen molar-refractivity contribution in [1.82, 2.24) is 0 Å². The van der Waals surface area contributed by atoms with E-state index in [1.54, 1.807) is 39.0 Å². The molecule has 1 aliphatic carbocycles. The molecule has 2 rings (SSSR count). The van der Waals surface area contributed by atoms with Crippen LogP contribution in [0.15, 0.2) is 18.2 Å². The Balaban J connectivity index is 2.15. The number of nitrogens with two attached hydrogens (primary N) is 1. The van der Waals surface area contributed by atoms with E-state index in [4.69, 9.17) is 10.5 Å².